The van der Waals surface area contributed by atoms with E-state index in [2.05, 4.69) is 11.5 Å². The Balaban J connectivity index is 1.98. The second kappa shape index (κ2) is 5.41. The number of nitrogens with two attached hydrogens (primary N) is 1. The van der Waals surface area contributed by atoms with Gasteiger partial charge in [-0.15, -0.1) is 11.3 Å². The lowest BCUT2D eigenvalue weighted by molar-refractivity contribution is 0.564. The average Bonchev–Trinajstić information content (AvgIpc) is 2.85. The summed E-state index contributed by atoms with van der Waals surface area (Å²) in [6, 6.07) is 8.75. The number of nitrogens with one attached hydrogen (secondary N) is 1. The molecule has 4 heteroatoms. The van der Waals surface area contributed by atoms with E-state index in [-0.39, 0.29) is 11.9 Å². The SMILES string of the molecule is NNC(c1cc2c(s1)CCCC2)c1ccccc1F. The second-order valence-corrected chi connectivity index (χ2v) is 6.09. The van der Waals surface area contributed by atoms with E-state index in [0.717, 1.165) is 17.7 Å². The van der Waals surface area contributed by atoms with Crippen molar-refractivity contribution in [1.82, 2.24) is 5.43 Å². The van der Waals surface area contributed by atoms with Crippen LogP contribution in [0, 0.1) is 5.82 Å². The highest BCUT2D eigenvalue weighted by molar-refractivity contribution is 7.12. The molecule has 1 aromatic carbocycles. The molecule has 100 valence electrons. The van der Waals surface area contributed by atoms with Gasteiger partial charge in [0.05, 0.1) is 6.04 Å². The summed E-state index contributed by atoms with van der Waals surface area (Å²) in [5.41, 5.74) is 4.79. The number of hydrogen-bond acceptors (Lipinski definition) is 3. The second-order valence-electron chi connectivity index (χ2n) is 4.93. The Kier molecular flexibility index (Phi) is 3.64. The van der Waals surface area contributed by atoms with Crippen LogP contribution in [0.25, 0.3) is 0 Å². The molecule has 0 saturated heterocycles. The van der Waals surface area contributed by atoms with Crippen molar-refractivity contribution in [1.29, 1.82) is 0 Å². The van der Waals surface area contributed by atoms with Crippen molar-refractivity contribution in [2.45, 2.75) is 31.7 Å². The summed E-state index contributed by atoms with van der Waals surface area (Å²) in [6.07, 6.45) is 4.80. The van der Waals surface area contributed by atoms with Crippen LogP contribution >= 0.6 is 11.3 Å². The molecule has 1 aliphatic carbocycles. The van der Waals surface area contributed by atoms with Crippen molar-refractivity contribution in [2.75, 3.05) is 0 Å². The summed E-state index contributed by atoms with van der Waals surface area (Å²) in [4.78, 5) is 2.55. The maximum Gasteiger partial charge on any atom is 0.128 e. The number of aryl methyl sites for hydroxylation is 2. The quantitative estimate of drug-likeness (QED) is 0.666. The van der Waals surface area contributed by atoms with E-state index in [4.69, 9.17) is 5.84 Å². The van der Waals surface area contributed by atoms with E-state index in [0.29, 0.717) is 5.56 Å². The van der Waals surface area contributed by atoms with Crippen LogP contribution in [0.2, 0.25) is 0 Å². The van der Waals surface area contributed by atoms with E-state index in [1.807, 2.05) is 6.07 Å². The molecule has 0 saturated carbocycles. The van der Waals surface area contributed by atoms with Gasteiger partial charge in [-0.1, -0.05) is 18.2 Å². The van der Waals surface area contributed by atoms with Crippen LogP contribution in [0.5, 0.6) is 0 Å². The molecule has 1 heterocycles. The summed E-state index contributed by atoms with van der Waals surface area (Å²) in [5.74, 6) is 5.44. The highest BCUT2D eigenvalue weighted by Gasteiger charge is 2.21. The smallest absolute Gasteiger partial charge is 0.128 e. The predicted molar refractivity (Wildman–Crippen MR) is 76.5 cm³/mol. The number of hydrazine groups is 1. The van der Waals surface area contributed by atoms with Crippen LogP contribution in [0.4, 0.5) is 4.39 Å². The van der Waals surface area contributed by atoms with Crippen molar-refractivity contribution in [3.8, 4) is 0 Å². The Morgan fingerprint density at radius 2 is 2.00 bits per heavy atom. The fourth-order valence-corrected chi connectivity index (χ4v) is 4.03. The maximum atomic E-state index is 13.9. The first-order valence-electron chi connectivity index (χ1n) is 6.61. The molecule has 0 amide bonds. The van der Waals surface area contributed by atoms with Crippen LogP contribution in [-0.2, 0) is 12.8 Å². The molecule has 0 bridgehead atoms. The molecule has 0 spiro atoms. The van der Waals surface area contributed by atoms with Gasteiger partial charge >= 0.3 is 0 Å². The summed E-state index contributed by atoms with van der Waals surface area (Å²) in [5, 5.41) is 0. The number of thiophene rings is 1. The van der Waals surface area contributed by atoms with E-state index in [9.17, 15) is 4.39 Å². The molecule has 1 atom stereocenters. The summed E-state index contributed by atoms with van der Waals surface area (Å²) >= 11 is 1.76. The van der Waals surface area contributed by atoms with Crippen LogP contribution < -0.4 is 11.3 Å². The lowest BCUT2D eigenvalue weighted by atomic mass is 9.98. The molecule has 0 aliphatic heterocycles. The number of fused-ring (bicyclic) bond motifs is 1. The molecular weight excluding hydrogens is 259 g/mol. The molecule has 1 unspecified atom stereocenters. The van der Waals surface area contributed by atoms with Crippen molar-refractivity contribution in [3.63, 3.8) is 0 Å². The zero-order valence-corrected chi connectivity index (χ0v) is 11.5. The van der Waals surface area contributed by atoms with Crippen molar-refractivity contribution in [3.05, 3.63) is 57.0 Å². The zero-order valence-electron chi connectivity index (χ0n) is 10.7. The minimum atomic E-state index is -0.253. The van der Waals surface area contributed by atoms with E-state index in [1.165, 1.54) is 29.3 Å². The first kappa shape index (κ1) is 12.8. The largest absolute Gasteiger partial charge is 0.271 e. The first-order chi connectivity index (χ1) is 9.29. The zero-order chi connectivity index (χ0) is 13.2. The highest BCUT2D eigenvalue weighted by atomic mass is 32.1. The van der Waals surface area contributed by atoms with Crippen LogP contribution in [0.15, 0.2) is 30.3 Å². The van der Waals surface area contributed by atoms with Gasteiger partial charge in [0.1, 0.15) is 5.82 Å². The monoisotopic (exact) mass is 276 g/mol. The third-order valence-corrected chi connectivity index (χ3v) is 4.99. The normalized spacial score (nSPS) is 16.1. The van der Waals surface area contributed by atoms with Crippen LogP contribution in [0.1, 0.15) is 39.8 Å². The first-order valence-corrected chi connectivity index (χ1v) is 7.43. The highest BCUT2D eigenvalue weighted by Crippen LogP contribution is 2.35. The molecule has 1 aromatic heterocycles. The fraction of sp³-hybridized carbons (Fsp3) is 0.333. The van der Waals surface area contributed by atoms with Crippen molar-refractivity contribution in [2.24, 2.45) is 5.84 Å². The molecule has 2 nitrogen and oxygen atoms in total. The summed E-state index contributed by atoms with van der Waals surface area (Å²) < 4.78 is 13.9. The molecule has 0 fully saturated rings. The fourth-order valence-electron chi connectivity index (χ4n) is 2.69. The Bertz CT molecular complexity index is 556. The maximum absolute atomic E-state index is 13.9. The van der Waals surface area contributed by atoms with E-state index >= 15 is 0 Å². The van der Waals surface area contributed by atoms with Gasteiger partial charge in [0.15, 0.2) is 0 Å². The minimum Gasteiger partial charge on any atom is -0.271 e. The molecule has 3 rings (SSSR count). The average molecular weight is 276 g/mol. The van der Waals surface area contributed by atoms with Gasteiger partial charge in [-0.05, 0) is 43.4 Å². The molecule has 3 N–H and O–H groups in total. The van der Waals surface area contributed by atoms with Gasteiger partial charge in [0.25, 0.3) is 0 Å². The third kappa shape index (κ3) is 2.43. The molecule has 2 aromatic rings. The Labute approximate surface area is 116 Å². The number of benzene rings is 1. The lowest BCUT2D eigenvalue weighted by Gasteiger charge is -2.15. The molecule has 19 heavy (non-hydrogen) atoms. The Hall–Kier alpha value is -1.23. The van der Waals surface area contributed by atoms with Crippen LogP contribution in [0.3, 0.4) is 0 Å². The van der Waals surface area contributed by atoms with Gasteiger partial charge in [-0.3, -0.25) is 5.84 Å². The van der Waals surface area contributed by atoms with Gasteiger partial charge in [-0.2, -0.15) is 0 Å². The molecule has 1 aliphatic rings. The predicted octanol–water partition coefficient (Wildman–Crippen LogP) is 3.32. The minimum absolute atomic E-state index is 0.211. The van der Waals surface area contributed by atoms with Gasteiger partial charge in [0, 0.05) is 15.3 Å². The number of hydrogen-bond donors (Lipinski definition) is 2. The Morgan fingerprint density at radius 3 is 2.74 bits per heavy atom. The number of halogens is 1. The van der Waals surface area contributed by atoms with E-state index < -0.39 is 0 Å². The summed E-state index contributed by atoms with van der Waals surface area (Å²) in [6.45, 7) is 0. The Morgan fingerprint density at radius 1 is 1.21 bits per heavy atom. The van der Waals surface area contributed by atoms with Crippen molar-refractivity contribution >= 4 is 11.3 Å². The van der Waals surface area contributed by atoms with Gasteiger partial charge in [0.2, 0.25) is 0 Å². The van der Waals surface area contributed by atoms with E-state index in [1.54, 1.807) is 23.5 Å². The van der Waals surface area contributed by atoms with Crippen molar-refractivity contribution < 1.29 is 4.39 Å². The third-order valence-electron chi connectivity index (χ3n) is 3.68. The van der Waals surface area contributed by atoms with Gasteiger partial charge < -0.3 is 0 Å². The van der Waals surface area contributed by atoms with Crippen LogP contribution in [-0.4, -0.2) is 0 Å². The topological polar surface area (TPSA) is 38.0 Å². The molecule has 0 radical (unpaired) electrons. The van der Waals surface area contributed by atoms with Gasteiger partial charge in [-0.25, -0.2) is 9.82 Å². The summed E-state index contributed by atoms with van der Waals surface area (Å²) in [7, 11) is 0. The standard InChI is InChI=1S/C15H17FN2S/c16-12-7-3-2-6-11(12)15(18-17)14-9-10-5-1-4-8-13(10)19-14/h2-3,6-7,9,15,18H,1,4-5,8,17H2. The lowest BCUT2D eigenvalue weighted by Crippen LogP contribution is -2.28. The molecular formula is C15H17FN2S. The number of rotatable bonds is 3.